The van der Waals surface area contributed by atoms with E-state index in [0.717, 1.165) is 25.8 Å². The number of carbonyl (C=O) groups excluding carboxylic acids is 2. The number of amides is 2. The van der Waals surface area contributed by atoms with Crippen LogP contribution in [0.2, 0.25) is 0 Å². The van der Waals surface area contributed by atoms with Gasteiger partial charge < -0.3 is 16.0 Å². The molecule has 0 aromatic heterocycles. The van der Waals surface area contributed by atoms with Crippen molar-refractivity contribution in [3.05, 3.63) is 0 Å². The number of piperidine rings is 1. The number of carbonyl (C=O) groups is 2. The molecule has 2 rings (SSSR count). The van der Waals surface area contributed by atoms with E-state index in [0.29, 0.717) is 13.0 Å². The van der Waals surface area contributed by atoms with Gasteiger partial charge in [-0.15, -0.1) is 0 Å². The monoisotopic (exact) mass is 239 g/mol. The molecule has 0 saturated carbocycles. The molecule has 2 saturated heterocycles. The summed E-state index contributed by atoms with van der Waals surface area (Å²) in [7, 11) is 0. The minimum Gasteiger partial charge on any atom is -0.354 e. The summed E-state index contributed by atoms with van der Waals surface area (Å²) in [6.07, 6.45) is 3.42. The highest BCUT2D eigenvalue weighted by molar-refractivity contribution is 5.86. The second-order valence-electron chi connectivity index (χ2n) is 4.99. The third-order valence-electron chi connectivity index (χ3n) is 3.80. The van der Waals surface area contributed by atoms with Crippen LogP contribution in [0, 0.1) is 5.92 Å². The zero-order chi connectivity index (χ0) is 12.4. The second kappa shape index (κ2) is 5.04. The highest BCUT2D eigenvalue weighted by Crippen LogP contribution is 2.27. The molecular formula is C12H21N3O2. The average molecular weight is 239 g/mol. The van der Waals surface area contributed by atoms with E-state index in [1.165, 1.54) is 0 Å². The molecule has 2 aliphatic rings. The summed E-state index contributed by atoms with van der Waals surface area (Å²) in [6, 6.07) is -0.374. The number of nitrogens with zero attached hydrogens (tertiary/aromatic N) is 1. The molecule has 5 nitrogen and oxygen atoms in total. The van der Waals surface area contributed by atoms with Crippen LogP contribution in [0.3, 0.4) is 0 Å². The Hall–Kier alpha value is -1.10. The van der Waals surface area contributed by atoms with E-state index >= 15 is 0 Å². The lowest BCUT2D eigenvalue weighted by molar-refractivity contribution is -0.138. The van der Waals surface area contributed by atoms with Crippen LogP contribution >= 0.6 is 0 Å². The van der Waals surface area contributed by atoms with Crippen molar-refractivity contribution in [3.8, 4) is 0 Å². The maximum Gasteiger partial charge on any atom is 0.239 e. The molecule has 0 radical (unpaired) electrons. The standard InChI is InChI=1S/C12H21N3O2/c1-2-4-9(13)12(17)15-6-3-5-8-10(15)7-14-11(8)16/h8-10H,2-7,13H2,1H3,(H,14,16). The van der Waals surface area contributed by atoms with Crippen LogP contribution in [0.4, 0.5) is 0 Å². The normalized spacial score (nSPS) is 29.8. The maximum atomic E-state index is 12.2. The lowest BCUT2D eigenvalue weighted by Gasteiger charge is -2.37. The van der Waals surface area contributed by atoms with Crippen LogP contribution in [-0.2, 0) is 9.59 Å². The van der Waals surface area contributed by atoms with Crippen molar-refractivity contribution in [2.24, 2.45) is 11.7 Å². The first kappa shape index (κ1) is 12.4. The molecule has 3 N–H and O–H groups in total. The molecule has 3 unspecified atom stereocenters. The zero-order valence-electron chi connectivity index (χ0n) is 10.3. The summed E-state index contributed by atoms with van der Waals surface area (Å²) < 4.78 is 0. The quantitative estimate of drug-likeness (QED) is 0.719. The van der Waals surface area contributed by atoms with Crippen molar-refractivity contribution in [2.75, 3.05) is 13.1 Å². The first-order valence-electron chi connectivity index (χ1n) is 6.49. The minimum atomic E-state index is -0.408. The van der Waals surface area contributed by atoms with Crippen molar-refractivity contribution in [3.63, 3.8) is 0 Å². The number of likely N-dealkylation sites (tertiary alicyclic amines) is 1. The SMILES string of the molecule is CCCC(N)C(=O)N1CCCC2C(=O)NCC21. The second-order valence-corrected chi connectivity index (χ2v) is 4.99. The summed E-state index contributed by atoms with van der Waals surface area (Å²) in [5, 5.41) is 2.84. The third-order valence-corrected chi connectivity index (χ3v) is 3.80. The van der Waals surface area contributed by atoms with Gasteiger partial charge in [0.25, 0.3) is 0 Å². The molecule has 0 bridgehead atoms. The molecular weight excluding hydrogens is 218 g/mol. The van der Waals surface area contributed by atoms with E-state index in [2.05, 4.69) is 5.32 Å². The fraction of sp³-hybridized carbons (Fsp3) is 0.833. The van der Waals surface area contributed by atoms with Gasteiger partial charge in [0, 0.05) is 13.1 Å². The van der Waals surface area contributed by atoms with Crippen LogP contribution in [0.15, 0.2) is 0 Å². The molecule has 0 aromatic carbocycles. The van der Waals surface area contributed by atoms with Crippen LogP contribution in [-0.4, -0.2) is 41.9 Å². The average Bonchev–Trinajstić information content (AvgIpc) is 2.71. The number of nitrogens with two attached hydrogens (primary N) is 1. The summed E-state index contributed by atoms with van der Waals surface area (Å²) in [5.41, 5.74) is 5.88. The number of nitrogens with one attached hydrogen (secondary N) is 1. The molecule has 96 valence electrons. The molecule has 2 heterocycles. The Balaban J connectivity index is 2.05. The van der Waals surface area contributed by atoms with Gasteiger partial charge in [0.1, 0.15) is 0 Å². The van der Waals surface area contributed by atoms with E-state index in [1.54, 1.807) is 0 Å². The summed E-state index contributed by atoms with van der Waals surface area (Å²) in [4.78, 5) is 25.6. The minimum absolute atomic E-state index is 0.0121. The van der Waals surface area contributed by atoms with E-state index < -0.39 is 6.04 Å². The molecule has 2 fully saturated rings. The van der Waals surface area contributed by atoms with Gasteiger partial charge in [-0.1, -0.05) is 13.3 Å². The molecule has 5 heteroatoms. The van der Waals surface area contributed by atoms with Crippen LogP contribution < -0.4 is 11.1 Å². The molecule has 0 aliphatic carbocycles. The van der Waals surface area contributed by atoms with Gasteiger partial charge in [-0.3, -0.25) is 9.59 Å². The summed E-state index contributed by atoms with van der Waals surface area (Å²) in [5.74, 6) is 0.0936. The molecule has 3 atom stereocenters. The van der Waals surface area contributed by atoms with Crippen LogP contribution in [0.5, 0.6) is 0 Å². The van der Waals surface area contributed by atoms with E-state index in [4.69, 9.17) is 5.73 Å². The summed E-state index contributed by atoms with van der Waals surface area (Å²) in [6.45, 7) is 3.35. The van der Waals surface area contributed by atoms with Crippen molar-refractivity contribution >= 4 is 11.8 Å². The molecule has 2 amide bonds. The Labute approximate surface area is 102 Å². The van der Waals surface area contributed by atoms with E-state index in [-0.39, 0.29) is 23.8 Å². The predicted octanol–water partition coefficient (Wildman–Crippen LogP) is -0.149. The van der Waals surface area contributed by atoms with Crippen LogP contribution in [0.1, 0.15) is 32.6 Å². The van der Waals surface area contributed by atoms with Gasteiger partial charge in [-0.25, -0.2) is 0 Å². The van der Waals surface area contributed by atoms with Crippen molar-refractivity contribution in [1.82, 2.24) is 10.2 Å². The maximum absolute atomic E-state index is 12.2. The van der Waals surface area contributed by atoms with Gasteiger partial charge >= 0.3 is 0 Å². The number of rotatable bonds is 3. The van der Waals surface area contributed by atoms with E-state index in [9.17, 15) is 9.59 Å². The molecule has 0 aromatic rings. The Morgan fingerprint density at radius 1 is 1.65 bits per heavy atom. The predicted molar refractivity (Wildman–Crippen MR) is 64.1 cm³/mol. The highest BCUT2D eigenvalue weighted by atomic mass is 16.2. The lowest BCUT2D eigenvalue weighted by atomic mass is 9.91. The van der Waals surface area contributed by atoms with Gasteiger partial charge in [0.05, 0.1) is 18.0 Å². The fourth-order valence-electron chi connectivity index (χ4n) is 2.87. The van der Waals surface area contributed by atoms with E-state index in [1.807, 2.05) is 11.8 Å². The smallest absolute Gasteiger partial charge is 0.239 e. The molecule has 2 aliphatic heterocycles. The van der Waals surface area contributed by atoms with Gasteiger partial charge in [-0.2, -0.15) is 0 Å². The lowest BCUT2D eigenvalue weighted by Crippen LogP contribution is -2.53. The van der Waals surface area contributed by atoms with Gasteiger partial charge in [-0.05, 0) is 19.3 Å². The topological polar surface area (TPSA) is 75.4 Å². The Kier molecular flexibility index (Phi) is 3.66. The van der Waals surface area contributed by atoms with Crippen molar-refractivity contribution in [2.45, 2.75) is 44.7 Å². The first-order valence-corrected chi connectivity index (χ1v) is 6.49. The number of fused-ring (bicyclic) bond motifs is 1. The number of hydrogen-bond acceptors (Lipinski definition) is 3. The Morgan fingerprint density at radius 2 is 2.41 bits per heavy atom. The van der Waals surface area contributed by atoms with Gasteiger partial charge in [0.2, 0.25) is 11.8 Å². The fourth-order valence-corrected chi connectivity index (χ4v) is 2.87. The number of hydrogen-bond donors (Lipinski definition) is 2. The van der Waals surface area contributed by atoms with Crippen LogP contribution in [0.25, 0.3) is 0 Å². The zero-order valence-corrected chi connectivity index (χ0v) is 10.3. The summed E-state index contributed by atoms with van der Waals surface area (Å²) >= 11 is 0. The highest BCUT2D eigenvalue weighted by Gasteiger charge is 2.43. The first-order chi connectivity index (χ1) is 8.15. The molecule has 0 spiro atoms. The molecule has 17 heavy (non-hydrogen) atoms. The third kappa shape index (κ3) is 2.29. The van der Waals surface area contributed by atoms with Gasteiger partial charge in [0.15, 0.2) is 0 Å². The Morgan fingerprint density at radius 3 is 3.12 bits per heavy atom. The largest absolute Gasteiger partial charge is 0.354 e. The Bertz CT molecular complexity index is 319. The van der Waals surface area contributed by atoms with Crippen molar-refractivity contribution in [1.29, 1.82) is 0 Å². The van der Waals surface area contributed by atoms with Crippen molar-refractivity contribution < 1.29 is 9.59 Å².